The second-order valence-corrected chi connectivity index (χ2v) is 12.4. The molecule has 4 aromatic carbocycles. The quantitative estimate of drug-likeness (QED) is 0.213. The molecule has 0 amide bonds. The summed E-state index contributed by atoms with van der Waals surface area (Å²) in [7, 11) is 0. The molecule has 0 aliphatic heterocycles. The predicted molar refractivity (Wildman–Crippen MR) is 164 cm³/mol. The molecule has 2 saturated carbocycles. The Hall–Kier alpha value is -3.40. The van der Waals surface area contributed by atoms with Crippen molar-refractivity contribution in [2.45, 2.75) is 77.0 Å². The van der Waals surface area contributed by atoms with E-state index < -0.39 is 23.3 Å². The van der Waals surface area contributed by atoms with Gasteiger partial charge in [0.25, 0.3) is 0 Å². The first-order chi connectivity index (χ1) is 20.3. The molecular formula is C38H40F4. The van der Waals surface area contributed by atoms with Crippen LogP contribution in [0.5, 0.6) is 0 Å². The summed E-state index contributed by atoms with van der Waals surface area (Å²) in [6.45, 7) is 4.64. The highest BCUT2D eigenvalue weighted by Crippen LogP contribution is 2.37. The third-order valence-corrected chi connectivity index (χ3v) is 9.30. The van der Waals surface area contributed by atoms with Gasteiger partial charge in [-0.25, -0.2) is 17.6 Å². The second-order valence-electron chi connectivity index (χ2n) is 12.4. The molecule has 0 spiro atoms. The van der Waals surface area contributed by atoms with Crippen molar-refractivity contribution in [1.29, 1.82) is 0 Å². The average Bonchev–Trinajstić information content (AvgIpc) is 3.01. The van der Waals surface area contributed by atoms with E-state index in [2.05, 4.69) is 38.1 Å². The average molecular weight is 573 g/mol. The van der Waals surface area contributed by atoms with Gasteiger partial charge in [0.1, 0.15) is 0 Å². The van der Waals surface area contributed by atoms with E-state index in [0.717, 1.165) is 34.1 Å². The summed E-state index contributed by atoms with van der Waals surface area (Å²) in [4.78, 5) is 0. The van der Waals surface area contributed by atoms with Crippen LogP contribution in [0.2, 0.25) is 0 Å². The van der Waals surface area contributed by atoms with Crippen LogP contribution in [-0.2, 0) is 0 Å². The number of rotatable bonds is 4. The van der Waals surface area contributed by atoms with Crippen molar-refractivity contribution >= 4 is 0 Å². The first-order valence-electron chi connectivity index (χ1n) is 15.4. The Morgan fingerprint density at radius 1 is 0.381 bits per heavy atom. The molecule has 0 unspecified atom stereocenters. The third kappa shape index (κ3) is 7.51. The molecule has 4 heteroatoms. The molecule has 6 rings (SSSR count). The summed E-state index contributed by atoms with van der Waals surface area (Å²) in [6.07, 6.45) is 10.2. The molecule has 2 fully saturated rings. The SMILES string of the molecule is CC1CCC(c2ccc(-c3ccc(F)c(F)c3)cc2)CC1.CC1CCC(c2ccc(-c3ccc(F)c(F)c3)cc2)CC1. The minimum absolute atomic E-state index is 0.653. The molecular weight excluding hydrogens is 532 g/mol. The van der Waals surface area contributed by atoms with Crippen LogP contribution in [-0.4, -0.2) is 0 Å². The van der Waals surface area contributed by atoms with Gasteiger partial charge in [-0.2, -0.15) is 0 Å². The van der Waals surface area contributed by atoms with Crippen LogP contribution in [0.1, 0.15) is 88.2 Å². The zero-order chi connectivity index (χ0) is 29.6. The smallest absolute Gasteiger partial charge is 0.159 e. The Balaban J connectivity index is 0.000000168. The van der Waals surface area contributed by atoms with E-state index in [9.17, 15) is 17.6 Å². The van der Waals surface area contributed by atoms with Gasteiger partial charge in [-0.15, -0.1) is 0 Å². The molecule has 42 heavy (non-hydrogen) atoms. The van der Waals surface area contributed by atoms with Gasteiger partial charge in [0.05, 0.1) is 0 Å². The van der Waals surface area contributed by atoms with Gasteiger partial charge in [-0.3, -0.25) is 0 Å². The Bertz CT molecular complexity index is 1330. The zero-order valence-corrected chi connectivity index (χ0v) is 24.6. The highest BCUT2D eigenvalue weighted by atomic mass is 19.2. The van der Waals surface area contributed by atoms with Crippen molar-refractivity contribution in [3.63, 3.8) is 0 Å². The zero-order valence-electron chi connectivity index (χ0n) is 24.6. The predicted octanol–water partition coefficient (Wildman–Crippen LogP) is 11.9. The lowest BCUT2D eigenvalue weighted by Gasteiger charge is -2.26. The van der Waals surface area contributed by atoms with E-state index in [1.54, 1.807) is 12.1 Å². The van der Waals surface area contributed by atoms with Gasteiger partial charge >= 0.3 is 0 Å². The molecule has 220 valence electrons. The van der Waals surface area contributed by atoms with Gasteiger partial charge in [0.15, 0.2) is 23.3 Å². The van der Waals surface area contributed by atoms with Gasteiger partial charge in [0.2, 0.25) is 0 Å². The normalized spacial score (nSPS) is 22.2. The fourth-order valence-electron chi connectivity index (χ4n) is 6.43. The lowest BCUT2D eigenvalue weighted by molar-refractivity contribution is 0.348. The highest BCUT2D eigenvalue weighted by molar-refractivity contribution is 5.64. The maximum Gasteiger partial charge on any atom is 0.159 e. The van der Waals surface area contributed by atoms with Crippen LogP contribution < -0.4 is 0 Å². The van der Waals surface area contributed by atoms with Crippen LogP contribution in [0.15, 0.2) is 84.9 Å². The summed E-state index contributed by atoms with van der Waals surface area (Å²) in [6, 6.07) is 24.7. The lowest BCUT2D eigenvalue weighted by atomic mass is 9.79. The van der Waals surface area contributed by atoms with E-state index in [-0.39, 0.29) is 0 Å². The molecule has 4 aromatic rings. The molecule has 0 aromatic heterocycles. The molecule has 2 aliphatic carbocycles. The third-order valence-electron chi connectivity index (χ3n) is 9.30. The number of benzene rings is 4. The molecule has 0 saturated heterocycles. The first kappa shape index (κ1) is 30.1. The van der Waals surface area contributed by atoms with Crippen molar-refractivity contribution in [2.75, 3.05) is 0 Å². The fraction of sp³-hybridized carbons (Fsp3) is 0.368. The fourth-order valence-corrected chi connectivity index (χ4v) is 6.43. The highest BCUT2D eigenvalue weighted by Gasteiger charge is 2.20. The summed E-state index contributed by atoms with van der Waals surface area (Å²) in [5.41, 5.74) is 6.04. The first-order valence-corrected chi connectivity index (χ1v) is 15.4. The van der Waals surface area contributed by atoms with E-state index in [4.69, 9.17) is 0 Å². The molecule has 0 N–H and O–H groups in total. The van der Waals surface area contributed by atoms with Crippen LogP contribution in [0, 0.1) is 35.1 Å². The topological polar surface area (TPSA) is 0 Å². The lowest BCUT2D eigenvalue weighted by Crippen LogP contribution is -2.10. The van der Waals surface area contributed by atoms with Gasteiger partial charge in [0, 0.05) is 0 Å². The van der Waals surface area contributed by atoms with Crippen molar-refractivity contribution in [2.24, 2.45) is 11.8 Å². The van der Waals surface area contributed by atoms with Gasteiger partial charge in [-0.05, 0) is 107 Å². The summed E-state index contributed by atoms with van der Waals surface area (Å²) < 4.78 is 52.5. The van der Waals surface area contributed by atoms with E-state index >= 15 is 0 Å². The van der Waals surface area contributed by atoms with E-state index in [1.807, 2.05) is 24.3 Å². The van der Waals surface area contributed by atoms with Crippen molar-refractivity contribution < 1.29 is 17.6 Å². The van der Waals surface area contributed by atoms with E-state index in [1.165, 1.54) is 86.8 Å². The standard InChI is InChI=1S/2C19H20F2/c2*1-13-2-4-14(5-3-13)15-6-8-16(9-7-15)17-10-11-18(20)19(21)12-17/h2*6-14H,2-5H2,1H3. The Morgan fingerprint density at radius 2 is 0.690 bits per heavy atom. The van der Waals surface area contributed by atoms with Gasteiger partial charge < -0.3 is 0 Å². The van der Waals surface area contributed by atoms with Crippen LogP contribution in [0.25, 0.3) is 22.3 Å². The molecule has 0 bridgehead atoms. The number of hydrogen-bond donors (Lipinski definition) is 0. The second kappa shape index (κ2) is 13.7. The number of halogens is 4. The summed E-state index contributed by atoms with van der Waals surface area (Å²) in [5.74, 6) is -0.181. The van der Waals surface area contributed by atoms with Crippen molar-refractivity contribution in [1.82, 2.24) is 0 Å². The minimum atomic E-state index is -0.799. The molecule has 0 heterocycles. The van der Waals surface area contributed by atoms with Crippen LogP contribution in [0.3, 0.4) is 0 Å². The Labute approximate surface area is 247 Å². The summed E-state index contributed by atoms with van der Waals surface area (Å²) in [5, 5.41) is 0. The Morgan fingerprint density at radius 3 is 1.00 bits per heavy atom. The van der Waals surface area contributed by atoms with Crippen LogP contribution in [0.4, 0.5) is 17.6 Å². The van der Waals surface area contributed by atoms with Crippen LogP contribution >= 0.6 is 0 Å². The maximum absolute atomic E-state index is 13.3. The molecule has 0 atom stereocenters. The Kier molecular flexibility index (Phi) is 9.82. The largest absolute Gasteiger partial charge is 0.204 e. The van der Waals surface area contributed by atoms with Crippen molar-refractivity contribution in [3.05, 3.63) is 119 Å². The molecule has 0 radical (unpaired) electrons. The monoisotopic (exact) mass is 572 g/mol. The number of hydrogen-bond acceptors (Lipinski definition) is 0. The minimum Gasteiger partial charge on any atom is -0.204 e. The molecule has 2 aliphatic rings. The maximum atomic E-state index is 13.3. The van der Waals surface area contributed by atoms with E-state index in [0.29, 0.717) is 11.8 Å². The van der Waals surface area contributed by atoms with Gasteiger partial charge in [-0.1, -0.05) is 100 Å². The van der Waals surface area contributed by atoms with Crippen molar-refractivity contribution in [3.8, 4) is 22.3 Å². The summed E-state index contributed by atoms with van der Waals surface area (Å²) >= 11 is 0. The molecule has 0 nitrogen and oxygen atoms in total.